The molecular weight excluding hydrogens is 271 g/mol. The average Bonchev–Trinajstić information content (AvgIpc) is 2.73. The summed E-state index contributed by atoms with van der Waals surface area (Å²) in [5.74, 6) is -0.901. The number of esters is 2. The molecule has 0 fully saturated rings. The molecule has 0 bridgehead atoms. The Labute approximate surface area is 126 Å². The van der Waals surface area contributed by atoms with Crippen LogP contribution in [0.25, 0.3) is 0 Å². The second-order valence-electron chi connectivity index (χ2n) is 4.89. The minimum atomic E-state index is -0.347. The van der Waals surface area contributed by atoms with E-state index in [0.29, 0.717) is 26.1 Å². The normalized spacial score (nSPS) is 15.0. The summed E-state index contributed by atoms with van der Waals surface area (Å²) in [6.45, 7) is 5.73. The van der Waals surface area contributed by atoms with Crippen molar-refractivity contribution in [1.82, 2.24) is 9.80 Å². The van der Waals surface area contributed by atoms with Crippen LogP contribution in [0.5, 0.6) is 0 Å². The van der Waals surface area contributed by atoms with Crippen LogP contribution in [0.4, 0.5) is 0 Å². The monoisotopic (exact) mass is 294 g/mol. The molecule has 0 radical (unpaired) electrons. The van der Waals surface area contributed by atoms with E-state index in [1.807, 2.05) is 43.2 Å². The number of carbonyl (C=O) groups is 2. The third-order valence-electron chi connectivity index (χ3n) is 3.14. The summed E-state index contributed by atoms with van der Waals surface area (Å²) in [5.41, 5.74) is 0.931. The fourth-order valence-corrected chi connectivity index (χ4v) is 2.05. The average molecular weight is 294 g/mol. The van der Waals surface area contributed by atoms with Crippen LogP contribution in [0, 0.1) is 0 Å². The van der Waals surface area contributed by atoms with Gasteiger partial charge in [-0.1, -0.05) is 0 Å². The van der Waals surface area contributed by atoms with E-state index in [2.05, 4.69) is 0 Å². The van der Waals surface area contributed by atoms with Gasteiger partial charge in [0.25, 0.3) is 0 Å². The third-order valence-corrected chi connectivity index (χ3v) is 3.14. The molecule has 1 unspecified atom stereocenters. The van der Waals surface area contributed by atoms with E-state index in [-0.39, 0.29) is 17.8 Å². The summed E-state index contributed by atoms with van der Waals surface area (Å²) in [7, 11) is 3.85. The molecule has 1 atom stereocenters. The van der Waals surface area contributed by atoms with Gasteiger partial charge in [0.15, 0.2) is 0 Å². The maximum atomic E-state index is 12.0. The summed E-state index contributed by atoms with van der Waals surface area (Å²) in [6.07, 6.45) is 5.05. The molecule has 0 amide bonds. The molecule has 0 saturated carbocycles. The zero-order valence-electron chi connectivity index (χ0n) is 13.2. The van der Waals surface area contributed by atoms with Gasteiger partial charge in [-0.05, 0) is 0 Å². The van der Waals surface area contributed by atoms with Crippen molar-refractivity contribution < 1.29 is 19.1 Å². The van der Waals surface area contributed by atoms with Crippen LogP contribution in [0.1, 0.15) is 26.7 Å². The molecule has 0 aromatic rings. The second-order valence-corrected chi connectivity index (χ2v) is 4.89. The van der Waals surface area contributed by atoms with E-state index in [9.17, 15) is 9.59 Å². The van der Waals surface area contributed by atoms with E-state index >= 15 is 0 Å². The van der Waals surface area contributed by atoms with Crippen LogP contribution < -0.4 is 0 Å². The Bertz CT molecular complexity index is 423. The van der Waals surface area contributed by atoms with Gasteiger partial charge in [0.1, 0.15) is 0 Å². The summed E-state index contributed by atoms with van der Waals surface area (Å²) >= 11 is 0. The molecule has 0 aromatic heterocycles. The molecule has 21 heavy (non-hydrogen) atoms. The van der Waals surface area contributed by atoms with E-state index in [4.69, 9.17) is 9.47 Å². The topological polar surface area (TPSA) is 59.1 Å². The molecule has 0 aromatic carbocycles. The van der Waals surface area contributed by atoms with Crippen molar-refractivity contribution in [1.29, 1.82) is 0 Å². The summed E-state index contributed by atoms with van der Waals surface area (Å²) in [4.78, 5) is 26.7. The van der Waals surface area contributed by atoms with Gasteiger partial charge in [-0.3, -0.25) is 0 Å². The molecule has 116 valence electrons. The van der Waals surface area contributed by atoms with Gasteiger partial charge in [0, 0.05) is 0 Å². The van der Waals surface area contributed by atoms with Gasteiger partial charge < -0.3 is 0 Å². The first kappa shape index (κ1) is 17.3. The van der Waals surface area contributed by atoms with Crippen LogP contribution >= 0.6 is 0 Å². The zero-order valence-corrected chi connectivity index (χ0v) is 13.2. The fourth-order valence-electron chi connectivity index (χ4n) is 2.05. The van der Waals surface area contributed by atoms with Gasteiger partial charge in [-0.25, -0.2) is 0 Å². The quantitative estimate of drug-likeness (QED) is 0.394. The molecule has 1 rings (SSSR count). The van der Waals surface area contributed by atoms with Crippen molar-refractivity contribution in [3.8, 4) is 0 Å². The number of nitrogens with zero attached hydrogens (tertiary/aromatic N) is 2. The van der Waals surface area contributed by atoms with E-state index in [1.165, 1.54) is 6.92 Å². The number of carbonyl (C=O) groups excluding carboxylic acids is 2. The van der Waals surface area contributed by atoms with Crippen molar-refractivity contribution in [2.75, 3.05) is 27.3 Å². The fraction of sp³-hybridized carbons (Fsp3) is 0.643. The van der Waals surface area contributed by atoms with Crippen LogP contribution in [-0.2, 0) is 19.1 Å². The number of ether oxygens (including phenoxy) is 2. The molecular formula is C14H23BN2O4. The number of rotatable bonds is 7. The van der Waals surface area contributed by atoms with Crippen molar-refractivity contribution in [2.24, 2.45) is 0 Å². The first-order valence-corrected chi connectivity index (χ1v) is 7.11. The molecule has 7 heteroatoms. The second kappa shape index (κ2) is 8.49. The van der Waals surface area contributed by atoms with Crippen LogP contribution in [0.2, 0.25) is 5.82 Å². The van der Waals surface area contributed by atoms with Crippen LogP contribution in [-0.4, -0.2) is 61.7 Å². The van der Waals surface area contributed by atoms with Crippen molar-refractivity contribution >= 4 is 24.6 Å². The Morgan fingerprint density at radius 2 is 1.86 bits per heavy atom. The third kappa shape index (κ3) is 5.61. The molecule has 0 saturated heterocycles. The van der Waals surface area contributed by atoms with Gasteiger partial charge >= 0.3 is 126 Å². The van der Waals surface area contributed by atoms with Gasteiger partial charge in [-0.2, -0.15) is 0 Å². The van der Waals surface area contributed by atoms with Crippen molar-refractivity contribution in [2.45, 2.75) is 32.5 Å². The molecule has 6 nitrogen and oxygen atoms in total. The summed E-state index contributed by atoms with van der Waals surface area (Å²) in [6, 6.07) is 0. The predicted molar refractivity (Wildman–Crippen MR) is 81.7 cm³/mol. The minimum absolute atomic E-state index is 0.249. The van der Waals surface area contributed by atoms with Crippen LogP contribution in [0.15, 0.2) is 12.4 Å². The first-order chi connectivity index (χ1) is 9.95. The Balaban J connectivity index is 2.66. The number of hydrogen-bond donors (Lipinski definition) is 0. The molecule has 1 heterocycles. The molecule has 1 aliphatic heterocycles. The van der Waals surface area contributed by atoms with Gasteiger partial charge in [0.2, 0.25) is 0 Å². The van der Waals surface area contributed by atoms with Crippen molar-refractivity contribution in [3.05, 3.63) is 12.4 Å². The molecule has 0 N–H and O–H groups in total. The summed E-state index contributed by atoms with van der Waals surface area (Å²) in [5, 5.41) is 0. The van der Waals surface area contributed by atoms with E-state index in [0.717, 1.165) is 5.71 Å². The number of hydrogen-bond acceptors (Lipinski definition) is 6. The molecule has 0 spiro atoms. The van der Waals surface area contributed by atoms with Crippen LogP contribution in [0.3, 0.4) is 0 Å². The van der Waals surface area contributed by atoms with E-state index in [1.54, 1.807) is 6.92 Å². The SMILES string of the molecule is CCOC(=O)C(B=C1N(C)C=CN1C)CCCOC(C)=O. The Morgan fingerprint density at radius 3 is 2.38 bits per heavy atom. The predicted octanol–water partition coefficient (Wildman–Crippen LogP) is 0.821. The Morgan fingerprint density at radius 1 is 1.24 bits per heavy atom. The Hall–Kier alpha value is -1.79. The molecule has 0 aliphatic carbocycles. The van der Waals surface area contributed by atoms with Gasteiger partial charge in [-0.15, -0.1) is 0 Å². The van der Waals surface area contributed by atoms with E-state index < -0.39 is 0 Å². The summed E-state index contributed by atoms with van der Waals surface area (Å²) < 4.78 is 10.0. The Kier molecular flexibility index (Phi) is 6.98. The van der Waals surface area contributed by atoms with Crippen molar-refractivity contribution in [3.63, 3.8) is 0 Å². The first-order valence-electron chi connectivity index (χ1n) is 7.11. The van der Waals surface area contributed by atoms with Gasteiger partial charge in [0.05, 0.1) is 0 Å². The maximum absolute atomic E-state index is 12.0. The standard InChI is InChI=1S/C14H23BN2O4/c1-5-20-13(19)12(7-6-10-21-11(2)18)15-14-16(3)8-9-17(14)4/h8-9,12H,5-7,10H2,1-4H3. The zero-order chi connectivity index (χ0) is 15.8. The molecule has 1 aliphatic rings.